The molecule has 116 valence electrons. The molecular formula is C15H16N2O5. The molecular weight excluding hydrogens is 288 g/mol. The van der Waals surface area contributed by atoms with Gasteiger partial charge in [-0.1, -0.05) is 30.3 Å². The van der Waals surface area contributed by atoms with Gasteiger partial charge in [-0.25, -0.2) is 9.78 Å². The maximum Gasteiger partial charge on any atom is 0.345 e. The second-order valence-electron chi connectivity index (χ2n) is 4.34. The Morgan fingerprint density at radius 3 is 2.50 bits per heavy atom. The van der Waals surface area contributed by atoms with Gasteiger partial charge in [-0.2, -0.15) is 0 Å². The summed E-state index contributed by atoms with van der Waals surface area (Å²) in [5.41, 5.74) is 0.00854. The number of rotatable bonds is 6. The number of aromatic amines is 1. The van der Waals surface area contributed by atoms with Crippen molar-refractivity contribution in [1.29, 1.82) is 0 Å². The normalized spacial score (nSPS) is 10.7. The lowest BCUT2D eigenvalue weighted by molar-refractivity contribution is -0.129. The Morgan fingerprint density at radius 2 is 1.91 bits per heavy atom. The third-order valence-electron chi connectivity index (χ3n) is 2.94. The highest BCUT2D eigenvalue weighted by molar-refractivity contribution is 5.88. The Balaban J connectivity index is 2.13. The van der Waals surface area contributed by atoms with Crippen molar-refractivity contribution in [2.45, 2.75) is 6.29 Å². The monoisotopic (exact) mass is 304 g/mol. The molecule has 0 aliphatic rings. The molecule has 0 radical (unpaired) electrons. The van der Waals surface area contributed by atoms with Crippen LogP contribution in [0.15, 0.2) is 41.3 Å². The van der Waals surface area contributed by atoms with E-state index >= 15 is 0 Å². The smallest absolute Gasteiger partial charge is 0.345 e. The molecule has 0 amide bonds. The minimum absolute atomic E-state index is 0.119. The Morgan fingerprint density at radius 1 is 1.23 bits per heavy atom. The van der Waals surface area contributed by atoms with Gasteiger partial charge in [0.25, 0.3) is 5.56 Å². The lowest BCUT2D eigenvalue weighted by atomic mass is 10.2. The fraction of sp³-hybridized carbons (Fsp3) is 0.267. The van der Waals surface area contributed by atoms with Crippen molar-refractivity contribution in [3.05, 3.63) is 52.4 Å². The first-order valence-electron chi connectivity index (χ1n) is 6.53. The summed E-state index contributed by atoms with van der Waals surface area (Å²) in [6.45, 7) is -0.119. The summed E-state index contributed by atoms with van der Waals surface area (Å²) in [6.07, 6.45) is 0.512. The van der Waals surface area contributed by atoms with Crippen molar-refractivity contribution in [3.8, 4) is 11.4 Å². The van der Waals surface area contributed by atoms with Crippen LogP contribution in [0.2, 0.25) is 0 Å². The molecule has 7 heteroatoms. The van der Waals surface area contributed by atoms with E-state index in [0.717, 1.165) is 5.56 Å². The number of hydrogen-bond acceptors (Lipinski definition) is 6. The third-order valence-corrected chi connectivity index (χ3v) is 2.94. The Hall–Kier alpha value is -2.51. The molecule has 0 saturated carbocycles. The van der Waals surface area contributed by atoms with Gasteiger partial charge in [0.15, 0.2) is 6.29 Å². The first-order chi connectivity index (χ1) is 10.7. The Kier molecular flexibility index (Phi) is 5.40. The van der Waals surface area contributed by atoms with Crippen molar-refractivity contribution in [1.82, 2.24) is 9.97 Å². The number of carbonyl (C=O) groups is 1. The molecule has 1 aromatic heterocycles. The van der Waals surface area contributed by atoms with Gasteiger partial charge in [0.05, 0.1) is 0 Å². The predicted molar refractivity (Wildman–Crippen MR) is 78.4 cm³/mol. The summed E-state index contributed by atoms with van der Waals surface area (Å²) >= 11 is 0. The van der Waals surface area contributed by atoms with Gasteiger partial charge < -0.3 is 19.2 Å². The molecule has 1 heterocycles. The average Bonchev–Trinajstić information content (AvgIpc) is 2.56. The van der Waals surface area contributed by atoms with Crippen LogP contribution in [0, 0.1) is 0 Å². The van der Waals surface area contributed by atoms with Crippen LogP contribution in [-0.2, 0) is 14.2 Å². The minimum Gasteiger partial charge on any atom is -0.456 e. The third kappa shape index (κ3) is 3.78. The van der Waals surface area contributed by atoms with Crippen LogP contribution in [0.1, 0.15) is 10.4 Å². The van der Waals surface area contributed by atoms with Gasteiger partial charge in [0.1, 0.15) is 18.0 Å². The summed E-state index contributed by atoms with van der Waals surface area (Å²) in [5.74, 6) is -0.402. The fourth-order valence-electron chi connectivity index (χ4n) is 1.74. The van der Waals surface area contributed by atoms with E-state index in [2.05, 4.69) is 9.97 Å². The highest BCUT2D eigenvalue weighted by Gasteiger charge is 2.16. The molecule has 0 aliphatic carbocycles. The number of nitrogens with one attached hydrogen (secondary N) is 1. The van der Waals surface area contributed by atoms with Crippen molar-refractivity contribution < 1.29 is 19.0 Å². The van der Waals surface area contributed by atoms with Gasteiger partial charge >= 0.3 is 5.97 Å². The maximum atomic E-state index is 12.0. The molecule has 2 rings (SSSR count). The molecule has 0 fully saturated rings. The van der Waals surface area contributed by atoms with E-state index in [1.807, 2.05) is 18.2 Å². The molecule has 0 unspecified atom stereocenters. The maximum absolute atomic E-state index is 12.0. The van der Waals surface area contributed by atoms with E-state index < -0.39 is 17.8 Å². The number of benzene rings is 1. The molecule has 0 bridgehead atoms. The predicted octanol–water partition coefficient (Wildman–Crippen LogP) is 1.21. The van der Waals surface area contributed by atoms with Gasteiger partial charge in [-0.05, 0) is 0 Å². The zero-order chi connectivity index (χ0) is 15.9. The SMILES string of the molecule is COC(COC(=O)c1cnc(-c2ccccc2)[nH]c1=O)OC. The van der Waals surface area contributed by atoms with Gasteiger partial charge in [0.2, 0.25) is 0 Å². The van der Waals surface area contributed by atoms with Crippen LogP contribution in [0.25, 0.3) is 11.4 Å². The van der Waals surface area contributed by atoms with Crippen LogP contribution >= 0.6 is 0 Å². The number of carbonyl (C=O) groups excluding carboxylic acids is 1. The molecule has 0 spiro atoms. The minimum atomic E-state index is -0.785. The van der Waals surface area contributed by atoms with E-state index in [1.54, 1.807) is 12.1 Å². The standard InChI is InChI=1S/C15H16N2O5/c1-20-12(21-2)9-22-15(19)11-8-16-13(17-14(11)18)10-6-4-3-5-7-10/h3-8,12H,9H2,1-2H3,(H,16,17,18). The second kappa shape index (κ2) is 7.48. The summed E-state index contributed by atoms with van der Waals surface area (Å²) < 4.78 is 14.7. The summed E-state index contributed by atoms with van der Waals surface area (Å²) in [7, 11) is 2.84. The highest BCUT2D eigenvalue weighted by atomic mass is 16.7. The number of aromatic nitrogens is 2. The van der Waals surface area contributed by atoms with Crippen molar-refractivity contribution in [3.63, 3.8) is 0 Å². The zero-order valence-electron chi connectivity index (χ0n) is 12.2. The number of ether oxygens (including phenoxy) is 3. The van der Waals surface area contributed by atoms with Crippen molar-refractivity contribution in [2.24, 2.45) is 0 Å². The molecule has 1 N–H and O–H groups in total. The van der Waals surface area contributed by atoms with Crippen molar-refractivity contribution >= 4 is 5.97 Å². The van der Waals surface area contributed by atoms with E-state index in [9.17, 15) is 9.59 Å². The van der Waals surface area contributed by atoms with E-state index in [-0.39, 0.29) is 12.2 Å². The average molecular weight is 304 g/mol. The number of nitrogens with zero attached hydrogens (tertiary/aromatic N) is 1. The van der Waals surface area contributed by atoms with Gasteiger partial charge in [0, 0.05) is 26.0 Å². The van der Waals surface area contributed by atoms with Gasteiger partial charge in [-0.3, -0.25) is 4.79 Å². The zero-order valence-corrected chi connectivity index (χ0v) is 12.2. The molecule has 7 nitrogen and oxygen atoms in total. The Bertz CT molecular complexity index is 680. The first-order valence-corrected chi connectivity index (χ1v) is 6.53. The highest BCUT2D eigenvalue weighted by Crippen LogP contribution is 2.11. The number of hydrogen-bond donors (Lipinski definition) is 1. The van der Waals surface area contributed by atoms with Crippen LogP contribution < -0.4 is 5.56 Å². The number of methoxy groups -OCH3 is 2. The van der Waals surface area contributed by atoms with Crippen molar-refractivity contribution in [2.75, 3.05) is 20.8 Å². The lowest BCUT2D eigenvalue weighted by Crippen LogP contribution is -2.26. The van der Waals surface area contributed by atoms with Crippen LogP contribution in [0.5, 0.6) is 0 Å². The topological polar surface area (TPSA) is 90.5 Å². The summed E-state index contributed by atoms with van der Waals surface area (Å²) in [6, 6.07) is 9.12. The quantitative estimate of drug-likeness (QED) is 0.637. The van der Waals surface area contributed by atoms with E-state index in [1.165, 1.54) is 20.4 Å². The first kappa shape index (κ1) is 15.9. The van der Waals surface area contributed by atoms with Crippen LogP contribution in [-0.4, -0.2) is 43.1 Å². The summed E-state index contributed by atoms with van der Waals surface area (Å²) in [4.78, 5) is 30.5. The van der Waals surface area contributed by atoms with Crippen LogP contribution in [0.4, 0.5) is 0 Å². The van der Waals surface area contributed by atoms with E-state index in [0.29, 0.717) is 5.82 Å². The second-order valence-corrected chi connectivity index (χ2v) is 4.34. The fourth-order valence-corrected chi connectivity index (χ4v) is 1.74. The molecule has 2 aromatic rings. The molecule has 0 atom stereocenters. The molecule has 22 heavy (non-hydrogen) atoms. The molecule has 0 saturated heterocycles. The number of H-pyrrole nitrogens is 1. The molecule has 1 aromatic carbocycles. The van der Waals surface area contributed by atoms with Gasteiger partial charge in [-0.15, -0.1) is 0 Å². The molecule has 0 aliphatic heterocycles. The number of esters is 1. The lowest BCUT2D eigenvalue weighted by Gasteiger charge is -2.13. The summed E-state index contributed by atoms with van der Waals surface area (Å²) in [5, 5.41) is 0. The largest absolute Gasteiger partial charge is 0.456 e. The Labute approximate surface area is 126 Å². The van der Waals surface area contributed by atoms with E-state index in [4.69, 9.17) is 14.2 Å². The van der Waals surface area contributed by atoms with Crippen LogP contribution in [0.3, 0.4) is 0 Å².